The molecule has 0 saturated heterocycles. The molecule has 1 atom stereocenters. The second-order valence-corrected chi connectivity index (χ2v) is 7.39. The van der Waals surface area contributed by atoms with Crippen molar-refractivity contribution in [1.82, 2.24) is 0 Å². The zero-order valence-corrected chi connectivity index (χ0v) is 15.6. The standard InChI is InChI=1S/C19H19F2N3O2S/c1-10-7-14-15(8-11(10)2)24-18(26)16(23-14)9-17(25)22-12-3-5-13(6-4-12)27-19(20)21/h3-8,16,19,23H,9H2,1-2H3,(H,22,25)(H,24,26)/t16-/m0/s1. The normalized spacial score (nSPS) is 15.7. The van der Waals surface area contributed by atoms with Gasteiger partial charge in [-0.15, -0.1) is 0 Å². The molecule has 1 heterocycles. The molecule has 3 N–H and O–H groups in total. The minimum absolute atomic E-state index is 0.0499. The highest BCUT2D eigenvalue weighted by molar-refractivity contribution is 7.99. The molecular weight excluding hydrogens is 372 g/mol. The number of carbonyl (C=O) groups excluding carboxylic acids is 2. The minimum atomic E-state index is -2.49. The van der Waals surface area contributed by atoms with E-state index in [1.165, 1.54) is 12.1 Å². The highest BCUT2D eigenvalue weighted by Crippen LogP contribution is 2.30. The summed E-state index contributed by atoms with van der Waals surface area (Å²) in [6.45, 7) is 3.94. The van der Waals surface area contributed by atoms with Crippen LogP contribution in [0, 0.1) is 13.8 Å². The summed E-state index contributed by atoms with van der Waals surface area (Å²) in [6.07, 6.45) is -0.0499. The van der Waals surface area contributed by atoms with Crippen LogP contribution in [0.4, 0.5) is 25.8 Å². The number of rotatable bonds is 5. The first kappa shape index (κ1) is 19.2. The van der Waals surface area contributed by atoms with Gasteiger partial charge < -0.3 is 16.0 Å². The second-order valence-electron chi connectivity index (χ2n) is 6.32. The van der Waals surface area contributed by atoms with E-state index in [9.17, 15) is 18.4 Å². The molecule has 5 nitrogen and oxygen atoms in total. The molecule has 0 unspecified atom stereocenters. The quantitative estimate of drug-likeness (QED) is 0.662. The highest BCUT2D eigenvalue weighted by atomic mass is 32.2. The minimum Gasteiger partial charge on any atom is -0.372 e. The molecular formula is C19H19F2N3O2S. The lowest BCUT2D eigenvalue weighted by molar-refractivity contribution is -0.122. The molecule has 8 heteroatoms. The van der Waals surface area contributed by atoms with Gasteiger partial charge in [0.15, 0.2) is 0 Å². The maximum atomic E-state index is 12.3. The van der Waals surface area contributed by atoms with Crippen molar-refractivity contribution < 1.29 is 18.4 Å². The maximum Gasteiger partial charge on any atom is 0.288 e. The third-order valence-corrected chi connectivity index (χ3v) is 5.01. The zero-order chi connectivity index (χ0) is 19.6. The van der Waals surface area contributed by atoms with Crippen LogP contribution in [0.2, 0.25) is 0 Å². The van der Waals surface area contributed by atoms with Crippen molar-refractivity contribution in [3.63, 3.8) is 0 Å². The van der Waals surface area contributed by atoms with E-state index in [4.69, 9.17) is 0 Å². The first-order valence-corrected chi connectivity index (χ1v) is 9.23. The van der Waals surface area contributed by atoms with Crippen molar-refractivity contribution in [3.8, 4) is 0 Å². The average molecular weight is 391 g/mol. The van der Waals surface area contributed by atoms with Crippen LogP contribution >= 0.6 is 11.8 Å². The van der Waals surface area contributed by atoms with Crippen LogP contribution in [0.15, 0.2) is 41.3 Å². The molecule has 0 saturated carbocycles. The number of hydrogen-bond donors (Lipinski definition) is 3. The topological polar surface area (TPSA) is 70.2 Å². The maximum absolute atomic E-state index is 12.3. The summed E-state index contributed by atoms with van der Waals surface area (Å²) < 4.78 is 24.7. The third-order valence-electron chi connectivity index (χ3n) is 4.29. The molecule has 2 aromatic carbocycles. The molecule has 0 aliphatic carbocycles. The van der Waals surface area contributed by atoms with Gasteiger partial charge in [0.1, 0.15) is 6.04 Å². The Morgan fingerprint density at radius 3 is 2.41 bits per heavy atom. The number of benzene rings is 2. The van der Waals surface area contributed by atoms with Gasteiger partial charge in [-0.1, -0.05) is 11.8 Å². The zero-order valence-electron chi connectivity index (χ0n) is 14.8. The predicted octanol–water partition coefficient (Wildman–Crippen LogP) is 4.38. The number of thioether (sulfide) groups is 1. The number of anilines is 3. The number of hydrogen-bond acceptors (Lipinski definition) is 4. The second kappa shape index (κ2) is 7.96. The Bertz CT molecular complexity index is 872. The predicted molar refractivity (Wildman–Crippen MR) is 104 cm³/mol. The van der Waals surface area contributed by atoms with Crippen molar-refractivity contribution in [1.29, 1.82) is 0 Å². The van der Waals surface area contributed by atoms with Crippen molar-refractivity contribution in [2.45, 2.75) is 37.0 Å². The Labute approximate surface area is 159 Å². The molecule has 2 aromatic rings. The summed E-state index contributed by atoms with van der Waals surface area (Å²) in [4.78, 5) is 24.9. The molecule has 0 spiro atoms. The van der Waals surface area contributed by atoms with Gasteiger partial charge in [0.25, 0.3) is 5.76 Å². The fourth-order valence-electron chi connectivity index (χ4n) is 2.77. The van der Waals surface area contributed by atoms with Crippen molar-refractivity contribution in [2.75, 3.05) is 16.0 Å². The number of halogens is 2. The largest absolute Gasteiger partial charge is 0.372 e. The van der Waals surface area contributed by atoms with Gasteiger partial charge in [0, 0.05) is 10.6 Å². The molecule has 1 aliphatic rings. The average Bonchev–Trinajstić information content (AvgIpc) is 2.59. The fourth-order valence-corrected chi connectivity index (χ4v) is 3.27. The summed E-state index contributed by atoms with van der Waals surface area (Å²) in [5.41, 5.74) is 4.13. The number of alkyl halides is 2. The van der Waals surface area contributed by atoms with Crippen LogP contribution in [-0.4, -0.2) is 23.6 Å². The number of fused-ring (bicyclic) bond motifs is 1. The monoisotopic (exact) mass is 391 g/mol. The number of amides is 2. The first-order chi connectivity index (χ1) is 12.8. The van der Waals surface area contributed by atoms with E-state index < -0.39 is 11.8 Å². The van der Waals surface area contributed by atoms with E-state index >= 15 is 0 Å². The van der Waals surface area contributed by atoms with E-state index in [-0.39, 0.29) is 18.2 Å². The summed E-state index contributed by atoms with van der Waals surface area (Å²) in [5.74, 6) is -3.11. The molecule has 3 rings (SSSR count). The van der Waals surface area contributed by atoms with Crippen LogP contribution in [0.1, 0.15) is 17.5 Å². The van der Waals surface area contributed by atoms with Crippen molar-refractivity contribution in [3.05, 3.63) is 47.5 Å². The third kappa shape index (κ3) is 4.77. The number of aryl methyl sites for hydroxylation is 2. The Morgan fingerprint density at radius 2 is 1.78 bits per heavy atom. The molecule has 2 amide bonds. The number of carbonyl (C=O) groups is 2. The van der Waals surface area contributed by atoms with E-state index in [0.717, 1.165) is 16.8 Å². The summed E-state index contributed by atoms with van der Waals surface area (Å²) >= 11 is 0.441. The van der Waals surface area contributed by atoms with Crippen molar-refractivity contribution in [2.24, 2.45) is 0 Å². The van der Waals surface area contributed by atoms with Crippen LogP contribution < -0.4 is 16.0 Å². The smallest absolute Gasteiger partial charge is 0.288 e. The van der Waals surface area contributed by atoms with Gasteiger partial charge in [-0.3, -0.25) is 9.59 Å². The Kier molecular flexibility index (Phi) is 5.65. The lowest BCUT2D eigenvalue weighted by Crippen LogP contribution is -2.41. The Balaban J connectivity index is 1.62. The molecule has 0 aromatic heterocycles. The summed E-state index contributed by atoms with van der Waals surface area (Å²) in [5, 5.41) is 8.60. The van der Waals surface area contributed by atoms with Gasteiger partial charge in [0.2, 0.25) is 11.8 Å². The SMILES string of the molecule is Cc1cc2c(cc1C)N[C@@H](CC(=O)Nc1ccc(SC(F)F)cc1)C(=O)N2. The molecule has 0 bridgehead atoms. The van der Waals surface area contributed by atoms with E-state index in [1.54, 1.807) is 12.1 Å². The van der Waals surface area contributed by atoms with Crippen LogP contribution in [0.5, 0.6) is 0 Å². The first-order valence-electron chi connectivity index (χ1n) is 8.35. The van der Waals surface area contributed by atoms with Crippen LogP contribution in [0.3, 0.4) is 0 Å². The lowest BCUT2D eigenvalue weighted by atomic mass is 10.0. The Morgan fingerprint density at radius 1 is 1.15 bits per heavy atom. The summed E-state index contributed by atoms with van der Waals surface area (Å²) in [7, 11) is 0. The van der Waals surface area contributed by atoms with Gasteiger partial charge in [-0.2, -0.15) is 8.78 Å². The molecule has 27 heavy (non-hydrogen) atoms. The molecule has 1 aliphatic heterocycles. The highest BCUT2D eigenvalue weighted by Gasteiger charge is 2.28. The lowest BCUT2D eigenvalue weighted by Gasteiger charge is -2.27. The van der Waals surface area contributed by atoms with Crippen molar-refractivity contribution >= 4 is 40.6 Å². The van der Waals surface area contributed by atoms with Gasteiger partial charge in [0.05, 0.1) is 17.8 Å². The molecule has 142 valence electrons. The van der Waals surface area contributed by atoms with Gasteiger partial charge in [-0.05, 0) is 61.4 Å². The van der Waals surface area contributed by atoms with E-state index in [1.807, 2.05) is 26.0 Å². The molecule has 0 fully saturated rings. The Hall–Kier alpha value is -2.61. The fraction of sp³-hybridized carbons (Fsp3) is 0.263. The van der Waals surface area contributed by atoms with E-state index in [0.29, 0.717) is 28.0 Å². The van der Waals surface area contributed by atoms with E-state index in [2.05, 4.69) is 16.0 Å². The number of nitrogens with one attached hydrogen (secondary N) is 3. The van der Waals surface area contributed by atoms with Crippen LogP contribution in [0.25, 0.3) is 0 Å². The van der Waals surface area contributed by atoms with Crippen LogP contribution in [-0.2, 0) is 9.59 Å². The molecule has 0 radical (unpaired) electrons. The van der Waals surface area contributed by atoms with Gasteiger partial charge >= 0.3 is 0 Å². The summed E-state index contributed by atoms with van der Waals surface area (Å²) in [6, 6.07) is 9.28. The van der Waals surface area contributed by atoms with Gasteiger partial charge in [-0.25, -0.2) is 0 Å².